The van der Waals surface area contributed by atoms with Crippen molar-refractivity contribution in [3.63, 3.8) is 0 Å². The lowest BCUT2D eigenvalue weighted by Crippen LogP contribution is -2.30. The fourth-order valence-corrected chi connectivity index (χ4v) is 9.94. The van der Waals surface area contributed by atoms with E-state index in [4.69, 9.17) is 14.2 Å². The Hall–Kier alpha value is -3.93. The average Bonchev–Trinajstić information content (AvgIpc) is 3.49. The summed E-state index contributed by atoms with van der Waals surface area (Å²) in [4.78, 5) is 38.5. The van der Waals surface area contributed by atoms with E-state index in [1.165, 1.54) is 193 Å². The van der Waals surface area contributed by atoms with Crippen molar-refractivity contribution in [2.24, 2.45) is 0 Å². The van der Waals surface area contributed by atoms with E-state index >= 15 is 0 Å². The maximum atomic E-state index is 13.0. The van der Waals surface area contributed by atoms with Crippen LogP contribution < -0.4 is 0 Å². The van der Waals surface area contributed by atoms with Crippen LogP contribution >= 0.6 is 0 Å². The van der Waals surface area contributed by atoms with Crippen LogP contribution in [0.4, 0.5) is 0 Å². The molecule has 0 N–H and O–H groups in total. The van der Waals surface area contributed by atoms with E-state index < -0.39 is 6.10 Å². The first-order valence-corrected chi connectivity index (χ1v) is 35.4. The number of allylic oxidation sites excluding steroid dienone is 18. The summed E-state index contributed by atoms with van der Waals surface area (Å²) >= 11 is 0. The average molecular weight is 1150 g/mol. The lowest BCUT2D eigenvalue weighted by molar-refractivity contribution is -0.167. The first-order chi connectivity index (χ1) is 41.0. The second kappa shape index (κ2) is 70.6. The molecule has 6 nitrogen and oxygen atoms in total. The second-order valence-electron chi connectivity index (χ2n) is 23.4. The van der Waals surface area contributed by atoms with Gasteiger partial charge in [0.25, 0.3) is 0 Å². The van der Waals surface area contributed by atoms with Crippen LogP contribution in [0.2, 0.25) is 0 Å². The van der Waals surface area contributed by atoms with Gasteiger partial charge in [-0.25, -0.2) is 0 Å². The van der Waals surface area contributed by atoms with Gasteiger partial charge >= 0.3 is 17.9 Å². The van der Waals surface area contributed by atoms with Gasteiger partial charge in [0.2, 0.25) is 0 Å². The van der Waals surface area contributed by atoms with E-state index in [0.29, 0.717) is 19.3 Å². The Labute approximate surface area is 514 Å². The molecule has 0 aliphatic heterocycles. The van der Waals surface area contributed by atoms with Gasteiger partial charge in [0.15, 0.2) is 6.10 Å². The molecule has 0 saturated heterocycles. The van der Waals surface area contributed by atoms with Gasteiger partial charge in [-0.15, -0.1) is 0 Å². The third-order valence-electron chi connectivity index (χ3n) is 15.2. The van der Waals surface area contributed by atoms with E-state index in [9.17, 15) is 14.4 Å². The number of carbonyl (C=O) groups is 3. The number of hydrogen-bond acceptors (Lipinski definition) is 6. The smallest absolute Gasteiger partial charge is 0.306 e. The van der Waals surface area contributed by atoms with Gasteiger partial charge in [0.1, 0.15) is 13.2 Å². The molecule has 0 rings (SSSR count). The fourth-order valence-electron chi connectivity index (χ4n) is 9.94. The van der Waals surface area contributed by atoms with Gasteiger partial charge in [-0.05, 0) is 128 Å². The summed E-state index contributed by atoms with van der Waals surface area (Å²) in [6, 6.07) is 0. The number of rotatable bonds is 64. The molecule has 0 heterocycles. The number of carbonyl (C=O) groups excluding carboxylic acids is 3. The molecule has 1 atom stereocenters. The van der Waals surface area contributed by atoms with Crippen molar-refractivity contribution in [1.29, 1.82) is 0 Å². The van der Waals surface area contributed by atoms with Crippen molar-refractivity contribution in [2.45, 2.75) is 348 Å². The highest BCUT2D eigenvalue weighted by atomic mass is 16.6. The first kappa shape index (κ1) is 79.1. The predicted octanol–water partition coefficient (Wildman–Crippen LogP) is 24.6. The maximum Gasteiger partial charge on any atom is 0.306 e. The number of hydrogen-bond donors (Lipinski definition) is 0. The van der Waals surface area contributed by atoms with Crippen LogP contribution in [0.15, 0.2) is 109 Å². The molecule has 0 amide bonds. The van der Waals surface area contributed by atoms with Gasteiger partial charge in [0, 0.05) is 19.3 Å². The minimum absolute atomic E-state index is 0.0833. The number of esters is 3. The van der Waals surface area contributed by atoms with Crippen molar-refractivity contribution in [3.05, 3.63) is 109 Å². The van der Waals surface area contributed by atoms with Gasteiger partial charge in [-0.3, -0.25) is 14.4 Å². The molecule has 83 heavy (non-hydrogen) atoms. The van der Waals surface area contributed by atoms with Crippen LogP contribution in [0.5, 0.6) is 0 Å². The van der Waals surface area contributed by atoms with Gasteiger partial charge in [-0.1, -0.05) is 304 Å². The minimum Gasteiger partial charge on any atom is -0.462 e. The molecule has 0 aliphatic carbocycles. The third-order valence-corrected chi connectivity index (χ3v) is 15.2. The zero-order valence-corrected chi connectivity index (χ0v) is 54.7. The van der Waals surface area contributed by atoms with Crippen LogP contribution in [-0.2, 0) is 28.6 Å². The van der Waals surface area contributed by atoms with Crippen LogP contribution in [-0.4, -0.2) is 37.2 Å². The molecule has 0 radical (unpaired) electrons. The summed E-state index contributed by atoms with van der Waals surface area (Å²) in [6.45, 7) is 6.54. The van der Waals surface area contributed by atoms with Crippen molar-refractivity contribution >= 4 is 17.9 Å². The van der Waals surface area contributed by atoms with E-state index in [2.05, 4.69) is 130 Å². The zero-order chi connectivity index (χ0) is 59.9. The Kier molecular flexibility index (Phi) is 67.2. The van der Waals surface area contributed by atoms with Crippen molar-refractivity contribution < 1.29 is 28.6 Å². The van der Waals surface area contributed by atoms with Crippen LogP contribution in [0.25, 0.3) is 0 Å². The monoisotopic (exact) mass is 1150 g/mol. The molecule has 0 spiro atoms. The van der Waals surface area contributed by atoms with Crippen LogP contribution in [0.1, 0.15) is 342 Å². The highest BCUT2D eigenvalue weighted by Crippen LogP contribution is 2.16. The summed E-state index contributed by atoms with van der Waals surface area (Å²) in [7, 11) is 0. The molecule has 0 aromatic heterocycles. The summed E-state index contributed by atoms with van der Waals surface area (Å²) < 4.78 is 17.0. The fraction of sp³-hybridized carbons (Fsp3) is 0.727. The molecule has 0 bridgehead atoms. The highest BCUT2D eigenvalue weighted by molar-refractivity contribution is 5.71. The van der Waals surface area contributed by atoms with E-state index in [-0.39, 0.29) is 31.1 Å². The van der Waals surface area contributed by atoms with Crippen molar-refractivity contribution in [1.82, 2.24) is 0 Å². The Balaban J connectivity index is 4.37. The molecular formula is C77H132O6. The Morgan fingerprint density at radius 1 is 0.253 bits per heavy atom. The summed E-state index contributed by atoms with van der Waals surface area (Å²) in [6.07, 6.45) is 96.7. The Morgan fingerprint density at radius 3 is 0.747 bits per heavy atom. The highest BCUT2D eigenvalue weighted by Gasteiger charge is 2.19. The quantitative estimate of drug-likeness (QED) is 0.0261. The lowest BCUT2D eigenvalue weighted by Gasteiger charge is -2.18. The van der Waals surface area contributed by atoms with Gasteiger partial charge in [-0.2, -0.15) is 0 Å². The molecule has 0 aromatic carbocycles. The number of unbranched alkanes of at least 4 members (excludes halogenated alkanes) is 35. The molecule has 6 heteroatoms. The maximum absolute atomic E-state index is 13.0. The zero-order valence-electron chi connectivity index (χ0n) is 54.7. The normalized spacial score (nSPS) is 12.8. The molecule has 0 fully saturated rings. The largest absolute Gasteiger partial charge is 0.462 e. The molecule has 0 saturated carbocycles. The van der Waals surface area contributed by atoms with E-state index in [0.717, 1.165) is 109 Å². The third kappa shape index (κ3) is 68.7. The first-order valence-electron chi connectivity index (χ1n) is 35.4. The molecule has 476 valence electrons. The summed E-state index contributed by atoms with van der Waals surface area (Å²) in [5.74, 6) is -0.887. The molecule has 0 aliphatic rings. The van der Waals surface area contributed by atoms with E-state index in [1.54, 1.807) is 0 Å². The van der Waals surface area contributed by atoms with E-state index in [1.807, 2.05) is 0 Å². The summed E-state index contributed by atoms with van der Waals surface area (Å²) in [5, 5.41) is 0. The van der Waals surface area contributed by atoms with Crippen LogP contribution in [0, 0.1) is 0 Å². The molecule has 0 aromatic rings. The van der Waals surface area contributed by atoms with Crippen molar-refractivity contribution in [3.8, 4) is 0 Å². The SMILES string of the molecule is CC/C=C\C/C=C\C/C=C\C/C=C\C/C=C\C/C=C\C/C=C\CCCCCCCCCC(=O)OCC(COC(=O)CCCCCCCCC/C=C\CCCCCCCC)OC(=O)CCCCCCCCCCC/C=C\CCCCCCCC. The van der Waals surface area contributed by atoms with Crippen LogP contribution in [0.3, 0.4) is 0 Å². The summed E-state index contributed by atoms with van der Waals surface area (Å²) in [5.41, 5.74) is 0. The van der Waals surface area contributed by atoms with Gasteiger partial charge < -0.3 is 14.2 Å². The molecule has 1 unspecified atom stereocenters. The standard InChI is InChI=1S/C77H132O6/c1-4-7-10-13-16-19-22-25-28-31-33-34-35-36-37-38-39-40-41-42-44-46-49-52-55-58-61-64-67-70-76(79)82-73-74(72-81-75(78)69-66-63-60-57-54-51-48-45-30-27-24-21-18-15-12-9-6-3)83-77(80)71-68-65-62-59-56-53-50-47-43-32-29-26-23-20-17-14-11-8-5-2/h7,10,16,19,25-30,33-34,36-37,39-40,42,44,74H,4-6,8-9,11-15,17-18,20-24,31-32,35,38,41,43,45-73H2,1-3H3/b10-7-,19-16-,28-25-,29-26-,30-27-,34-33-,37-36-,40-39-,44-42-. The Morgan fingerprint density at radius 2 is 0.470 bits per heavy atom. The van der Waals surface area contributed by atoms with Gasteiger partial charge in [0.05, 0.1) is 0 Å². The predicted molar refractivity (Wildman–Crippen MR) is 362 cm³/mol. The second-order valence-corrected chi connectivity index (χ2v) is 23.4. The minimum atomic E-state index is -0.789. The van der Waals surface area contributed by atoms with Crippen molar-refractivity contribution in [2.75, 3.05) is 13.2 Å². The Bertz CT molecular complexity index is 1660. The number of ether oxygens (including phenoxy) is 3. The molecular weight excluding hydrogens is 1020 g/mol. The lowest BCUT2D eigenvalue weighted by atomic mass is 10.1. The topological polar surface area (TPSA) is 78.9 Å².